The first kappa shape index (κ1) is 13.5. The topological polar surface area (TPSA) is 71.0 Å². The Morgan fingerprint density at radius 2 is 2.05 bits per heavy atom. The number of nitrogens with zero attached hydrogens (tertiary/aromatic N) is 1. The Kier molecular flexibility index (Phi) is 3.50. The van der Waals surface area contributed by atoms with Crippen molar-refractivity contribution >= 4 is 33.9 Å². The van der Waals surface area contributed by atoms with Crippen LogP contribution >= 0.6 is 11.6 Å². The Labute approximate surface area is 125 Å². The number of fused-ring (bicyclic) bond motifs is 1. The molecule has 6 heteroatoms. The van der Waals surface area contributed by atoms with Gasteiger partial charge >= 0.3 is 0 Å². The first-order valence-corrected chi connectivity index (χ1v) is 6.75. The van der Waals surface area contributed by atoms with Gasteiger partial charge in [-0.2, -0.15) is 0 Å². The van der Waals surface area contributed by atoms with E-state index < -0.39 is 4.92 Å². The third-order valence-corrected chi connectivity index (χ3v) is 3.59. The van der Waals surface area contributed by atoms with Crippen LogP contribution in [0.2, 0.25) is 5.02 Å². The molecule has 0 aliphatic rings. The average molecular weight is 302 g/mol. The number of aromatic nitrogens is 1. The molecule has 0 unspecified atom stereocenters. The normalized spacial score (nSPS) is 10.7. The molecule has 0 bridgehead atoms. The van der Waals surface area contributed by atoms with Gasteiger partial charge in [0.05, 0.1) is 15.6 Å². The van der Waals surface area contributed by atoms with Gasteiger partial charge in [-0.25, -0.2) is 0 Å². The summed E-state index contributed by atoms with van der Waals surface area (Å²) in [6, 6.07) is 12.4. The fourth-order valence-corrected chi connectivity index (χ4v) is 2.36. The predicted molar refractivity (Wildman–Crippen MR) is 83.7 cm³/mol. The van der Waals surface area contributed by atoms with Crippen molar-refractivity contribution in [3.05, 3.63) is 69.4 Å². The Hall–Kier alpha value is -2.53. The van der Waals surface area contributed by atoms with E-state index in [2.05, 4.69) is 16.4 Å². The molecular formula is C15H12ClN3O2. The van der Waals surface area contributed by atoms with Gasteiger partial charge < -0.3 is 10.3 Å². The van der Waals surface area contributed by atoms with Gasteiger partial charge in [-0.15, -0.1) is 0 Å². The zero-order valence-corrected chi connectivity index (χ0v) is 11.7. The minimum absolute atomic E-state index is 0.0167. The molecule has 0 saturated heterocycles. The summed E-state index contributed by atoms with van der Waals surface area (Å²) in [4.78, 5) is 13.5. The highest BCUT2D eigenvalue weighted by molar-refractivity contribution is 6.33. The van der Waals surface area contributed by atoms with Crippen LogP contribution in [0.4, 0.5) is 11.4 Å². The second kappa shape index (κ2) is 5.46. The van der Waals surface area contributed by atoms with Gasteiger partial charge in [-0.1, -0.05) is 17.7 Å². The van der Waals surface area contributed by atoms with Crippen molar-refractivity contribution in [2.45, 2.75) is 6.54 Å². The molecule has 0 spiro atoms. The molecule has 3 rings (SSSR count). The molecule has 106 valence electrons. The number of aromatic amines is 1. The van der Waals surface area contributed by atoms with Crippen LogP contribution in [0, 0.1) is 10.1 Å². The lowest BCUT2D eigenvalue weighted by atomic mass is 10.1. The molecule has 2 aromatic carbocycles. The minimum Gasteiger partial charge on any atom is -0.380 e. The molecule has 21 heavy (non-hydrogen) atoms. The standard InChI is InChI=1S/C15H12ClN3O2/c16-13-3-2-12(19(20)21)8-15(13)18-9-10-1-4-14-11(7-10)5-6-17-14/h1-8,17-18H,9H2. The largest absolute Gasteiger partial charge is 0.380 e. The van der Waals surface area contributed by atoms with Crippen LogP contribution in [-0.4, -0.2) is 9.91 Å². The highest BCUT2D eigenvalue weighted by Crippen LogP contribution is 2.27. The number of nitrogens with one attached hydrogen (secondary N) is 2. The number of benzene rings is 2. The van der Waals surface area contributed by atoms with E-state index in [1.54, 1.807) is 0 Å². The fourth-order valence-electron chi connectivity index (χ4n) is 2.17. The molecule has 0 amide bonds. The zero-order valence-electron chi connectivity index (χ0n) is 11.0. The van der Waals surface area contributed by atoms with Gasteiger partial charge in [-0.3, -0.25) is 10.1 Å². The van der Waals surface area contributed by atoms with Gasteiger partial charge in [0.25, 0.3) is 5.69 Å². The first-order valence-electron chi connectivity index (χ1n) is 6.37. The third kappa shape index (κ3) is 2.83. The number of rotatable bonds is 4. The summed E-state index contributed by atoms with van der Waals surface area (Å²) in [6.07, 6.45) is 1.89. The monoisotopic (exact) mass is 301 g/mol. The van der Waals surface area contributed by atoms with Crippen LogP contribution in [0.25, 0.3) is 10.9 Å². The molecule has 0 atom stereocenters. The molecule has 1 heterocycles. The molecule has 0 radical (unpaired) electrons. The van der Waals surface area contributed by atoms with Crippen molar-refractivity contribution in [1.29, 1.82) is 0 Å². The lowest BCUT2D eigenvalue weighted by Gasteiger charge is -2.08. The fraction of sp³-hybridized carbons (Fsp3) is 0.0667. The summed E-state index contributed by atoms with van der Waals surface area (Å²) in [6.45, 7) is 0.544. The number of hydrogen-bond donors (Lipinski definition) is 2. The molecule has 1 aromatic heterocycles. The van der Waals surface area contributed by atoms with E-state index in [1.807, 2.05) is 24.4 Å². The Balaban J connectivity index is 1.80. The van der Waals surface area contributed by atoms with E-state index >= 15 is 0 Å². The Morgan fingerprint density at radius 3 is 2.86 bits per heavy atom. The smallest absolute Gasteiger partial charge is 0.271 e. The molecule has 0 saturated carbocycles. The minimum atomic E-state index is -0.437. The van der Waals surface area contributed by atoms with Gasteiger partial charge in [0.1, 0.15) is 0 Å². The quantitative estimate of drug-likeness (QED) is 0.556. The number of nitro benzene ring substituents is 1. The molecular weight excluding hydrogens is 290 g/mol. The number of hydrogen-bond acceptors (Lipinski definition) is 3. The van der Waals surface area contributed by atoms with E-state index in [0.717, 1.165) is 16.5 Å². The Morgan fingerprint density at radius 1 is 1.19 bits per heavy atom. The van der Waals surface area contributed by atoms with Crippen molar-refractivity contribution in [2.75, 3.05) is 5.32 Å². The zero-order chi connectivity index (χ0) is 14.8. The summed E-state index contributed by atoms with van der Waals surface area (Å²) in [5.41, 5.74) is 2.72. The SMILES string of the molecule is O=[N+]([O-])c1ccc(Cl)c(NCc2ccc3[nH]ccc3c2)c1. The second-order valence-corrected chi connectivity index (χ2v) is 5.08. The van der Waals surface area contributed by atoms with E-state index in [9.17, 15) is 10.1 Å². The molecule has 3 aromatic rings. The van der Waals surface area contributed by atoms with Crippen molar-refractivity contribution in [3.8, 4) is 0 Å². The highest BCUT2D eigenvalue weighted by Gasteiger charge is 2.09. The van der Waals surface area contributed by atoms with Crippen LogP contribution in [0.3, 0.4) is 0 Å². The number of H-pyrrole nitrogens is 1. The third-order valence-electron chi connectivity index (χ3n) is 3.26. The molecule has 0 fully saturated rings. The van der Waals surface area contributed by atoms with Crippen LogP contribution in [-0.2, 0) is 6.54 Å². The molecule has 0 aliphatic heterocycles. The average Bonchev–Trinajstić information content (AvgIpc) is 2.93. The van der Waals surface area contributed by atoms with Crippen LogP contribution in [0.1, 0.15) is 5.56 Å². The van der Waals surface area contributed by atoms with Crippen molar-refractivity contribution in [1.82, 2.24) is 4.98 Å². The maximum absolute atomic E-state index is 10.8. The van der Waals surface area contributed by atoms with Crippen LogP contribution in [0.15, 0.2) is 48.7 Å². The highest BCUT2D eigenvalue weighted by atomic mass is 35.5. The van der Waals surface area contributed by atoms with Gasteiger partial charge in [0, 0.05) is 30.4 Å². The van der Waals surface area contributed by atoms with E-state index in [4.69, 9.17) is 11.6 Å². The first-order chi connectivity index (χ1) is 10.1. The van der Waals surface area contributed by atoms with Gasteiger partial charge in [0.15, 0.2) is 0 Å². The second-order valence-electron chi connectivity index (χ2n) is 4.67. The van der Waals surface area contributed by atoms with E-state index in [0.29, 0.717) is 17.3 Å². The van der Waals surface area contributed by atoms with Gasteiger partial charge in [0.2, 0.25) is 0 Å². The van der Waals surface area contributed by atoms with Crippen molar-refractivity contribution < 1.29 is 4.92 Å². The number of halogens is 1. The number of nitro groups is 1. The maximum atomic E-state index is 10.8. The van der Waals surface area contributed by atoms with Crippen molar-refractivity contribution in [2.24, 2.45) is 0 Å². The molecule has 5 nitrogen and oxygen atoms in total. The van der Waals surface area contributed by atoms with Gasteiger partial charge in [-0.05, 0) is 35.2 Å². The number of anilines is 1. The maximum Gasteiger partial charge on any atom is 0.271 e. The lowest BCUT2D eigenvalue weighted by Crippen LogP contribution is -2.00. The Bertz CT molecular complexity index is 814. The van der Waals surface area contributed by atoms with Crippen LogP contribution in [0.5, 0.6) is 0 Å². The predicted octanol–water partition coefficient (Wildman–Crippen LogP) is 4.34. The summed E-state index contributed by atoms with van der Waals surface area (Å²) in [5, 5.41) is 15.5. The van der Waals surface area contributed by atoms with E-state index in [-0.39, 0.29) is 5.69 Å². The number of non-ortho nitro benzene ring substituents is 1. The summed E-state index contributed by atoms with van der Waals surface area (Å²) >= 11 is 6.05. The summed E-state index contributed by atoms with van der Waals surface area (Å²) < 4.78 is 0. The van der Waals surface area contributed by atoms with Crippen molar-refractivity contribution in [3.63, 3.8) is 0 Å². The summed E-state index contributed by atoms with van der Waals surface area (Å²) in [7, 11) is 0. The lowest BCUT2D eigenvalue weighted by molar-refractivity contribution is -0.384. The molecule has 2 N–H and O–H groups in total. The molecule has 0 aliphatic carbocycles. The summed E-state index contributed by atoms with van der Waals surface area (Å²) in [5.74, 6) is 0. The van der Waals surface area contributed by atoms with Crippen LogP contribution < -0.4 is 5.32 Å². The van der Waals surface area contributed by atoms with E-state index in [1.165, 1.54) is 18.2 Å².